The van der Waals surface area contributed by atoms with Gasteiger partial charge < -0.3 is 9.84 Å². The van der Waals surface area contributed by atoms with Crippen molar-refractivity contribution in [2.24, 2.45) is 5.92 Å². The fourth-order valence-electron chi connectivity index (χ4n) is 3.28. The summed E-state index contributed by atoms with van der Waals surface area (Å²) in [6.07, 6.45) is 3.89. The van der Waals surface area contributed by atoms with E-state index in [0.717, 1.165) is 39.9 Å². The number of aromatic nitrogens is 2. The molecule has 1 aliphatic carbocycles. The summed E-state index contributed by atoms with van der Waals surface area (Å²) in [7, 11) is 0. The number of ether oxygens (including phenoxy) is 1. The zero-order chi connectivity index (χ0) is 18.8. The number of nitrogens with zero attached hydrogens (tertiary/aromatic N) is 2. The topological polar surface area (TPSA) is 72.3 Å². The zero-order valence-corrected chi connectivity index (χ0v) is 16.0. The Kier molecular flexibility index (Phi) is 5.07. The van der Waals surface area contributed by atoms with Crippen molar-refractivity contribution in [3.63, 3.8) is 0 Å². The molecular formula is C21H22N2O3S. The van der Waals surface area contributed by atoms with Gasteiger partial charge in [-0.15, -0.1) is 0 Å². The lowest BCUT2D eigenvalue weighted by Crippen LogP contribution is -2.11. The van der Waals surface area contributed by atoms with Crippen molar-refractivity contribution in [3.8, 4) is 16.9 Å². The standard InChI is InChI=1S/C21H22N2O3S/c1-2-3-16(21(24)25)14-7-9-20(26-12-13-4-5-13)17(10-14)15-6-8-18-19(11-15)23-27-22-18/h6-11,13,16H,2-5,12H2,1H3,(H,24,25). The molecule has 4 rings (SSSR count). The SMILES string of the molecule is CCCC(C(=O)O)c1ccc(OCC2CC2)c(-c2ccc3nsnc3c2)c1. The molecule has 0 radical (unpaired) electrons. The van der Waals surface area contributed by atoms with Crippen molar-refractivity contribution in [1.29, 1.82) is 0 Å². The normalized spacial score (nSPS) is 15.0. The third kappa shape index (κ3) is 3.95. The van der Waals surface area contributed by atoms with E-state index < -0.39 is 11.9 Å². The molecule has 0 bridgehead atoms. The smallest absolute Gasteiger partial charge is 0.310 e. The first-order valence-corrected chi connectivity index (χ1v) is 10.1. The monoisotopic (exact) mass is 382 g/mol. The summed E-state index contributed by atoms with van der Waals surface area (Å²) in [4.78, 5) is 11.7. The van der Waals surface area contributed by atoms with Crippen molar-refractivity contribution in [2.45, 2.75) is 38.5 Å². The predicted octanol–water partition coefficient (Wildman–Crippen LogP) is 5.12. The Morgan fingerprint density at radius 3 is 2.78 bits per heavy atom. The highest BCUT2D eigenvalue weighted by molar-refractivity contribution is 7.00. The average molecular weight is 382 g/mol. The molecule has 0 amide bonds. The van der Waals surface area contributed by atoms with Gasteiger partial charge in [0.2, 0.25) is 0 Å². The Morgan fingerprint density at radius 2 is 2.04 bits per heavy atom. The van der Waals surface area contributed by atoms with Gasteiger partial charge in [-0.3, -0.25) is 4.79 Å². The van der Waals surface area contributed by atoms with Crippen LogP contribution >= 0.6 is 11.7 Å². The predicted molar refractivity (Wildman–Crippen MR) is 106 cm³/mol. The van der Waals surface area contributed by atoms with E-state index in [-0.39, 0.29) is 0 Å². The van der Waals surface area contributed by atoms with Gasteiger partial charge in [0.15, 0.2) is 0 Å². The lowest BCUT2D eigenvalue weighted by Gasteiger charge is -2.17. The van der Waals surface area contributed by atoms with Crippen LogP contribution in [-0.2, 0) is 4.79 Å². The summed E-state index contributed by atoms with van der Waals surface area (Å²) in [5, 5.41) is 9.64. The molecule has 0 spiro atoms. The second-order valence-corrected chi connectivity index (χ2v) is 7.69. The van der Waals surface area contributed by atoms with E-state index in [1.54, 1.807) is 0 Å². The highest BCUT2D eigenvalue weighted by Gasteiger charge is 2.24. The van der Waals surface area contributed by atoms with Crippen molar-refractivity contribution in [1.82, 2.24) is 8.75 Å². The molecule has 1 fully saturated rings. The van der Waals surface area contributed by atoms with E-state index in [1.807, 2.05) is 43.3 Å². The Balaban J connectivity index is 1.75. The van der Waals surface area contributed by atoms with Gasteiger partial charge in [0.05, 0.1) is 24.3 Å². The van der Waals surface area contributed by atoms with Gasteiger partial charge in [-0.2, -0.15) is 8.75 Å². The second-order valence-electron chi connectivity index (χ2n) is 7.16. The van der Waals surface area contributed by atoms with Gasteiger partial charge in [0.1, 0.15) is 16.8 Å². The molecule has 5 nitrogen and oxygen atoms in total. The first-order chi connectivity index (χ1) is 13.2. The summed E-state index contributed by atoms with van der Waals surface area (Å²) in [5.41, 5.74) is 4.43. The van der Waals surface area contributed by atoms with Crippen molar-refractivity contribution < 1.29 is 14.6 Å². The average Bonchev–Trinajstić information content (AvgIpc) is 3.38. The van der Waals surface area contributed by atoms with Gasteiger partial charge in [-0.1, -0.05) is 25.5 Å². The maximum absolute atomic E-state index is 11.7. The van der Waals surface area contributed by atoms with Crippen LogP contribution in [0.2, 0.25) is 0 Å². The van der Waals surface area contributed by atoms with Crippen LogP contribution in [0.25, 0.3) is 22.2 Å². The number of hydrogen-bond donors (Lipinski definition) is 1. The molecular weight excluding hydrogens is 360 g/mol. The molecule has 3 aromatic rings. The molecule has 1 aliphatic rings. The van der Waals surface area contributed by atoms with Gasteiger partial charge >= 0.3 is 5.97 Å². The summed E-state index contributed by atoms with van der Waals surface area (Å²) in [5.74, 6) is 0.160. The molecule has 1 atom stereocenters. The maximum Gasteiger partial charge on any atom is 0.310 e. The number of carboxylic acids is 1. The molecule has 1 N–H and O–H groups in total. The van der Waals surface area contributed by atoms with Crippen LogP contribution in [0.4, 0.5) is 0 Å². The van der Waals surface area contributed by atoms with E-state index in [0.29, 0.717) is 18.9 Å². The van der Waals surface area contributed by atoms with E-state index in [2.05, 4.69) is 8.75 Å². The maximum atomic E-state index is 11.7. The fourth-order valence-corrected chi connectivity index (χ4v) is 3.80. The summed E-state index contributed by atoms with van der Waals surface area (Å²) >= 11 is 1.19. The minimum absolute atomic E-state index is 0.504. The van der Waals surface area contributed by atoms with Crippen molar-refractivity contribution >= 4 is 28.7 Å². The molecule has 1 unspecified atom stereocenters. The lowest BCUT2D eigenvalue weighted by molar-refractivity contribution is -0.139. The Bertz CT molecular complexity index is 965. The van der Waals surface area contributed by atoms with Crippen molar-refractivity contribution in [3.05, 3.63) is 42.0 Å². The van der Waals surface area contributed by atoms with Crippen LogP contribution in [0.1, 0.15) is 44.1 Å². The van der Waals surface area contributed by atoms with Crippen LogP contribution in [0.3, 0.4) is 0 Å². The van der Waals surface area contributed by atoms with Gasteiger partial charge in [0, 0.05) is 5.56 Å². The third-order valence-corrected chi connectivity index (χ3v) is 5.57. The lowest BCUT2D eigenvalue weighted by atomic mass is 9.91. The van der Waals surface area contributed by atoms with Gasteiger partial charge in [0.25, 0.3) is 0 Å². The van der Waals surface area contributed by atoms with E-state index >= 15 is 0 Å². The van der Waals surface area contributed by atoms with Crippen LogP contribution in [0.5, 0.6) is 5.75 Å². The number of rotatable bonds is 8. The third-order valence-electron chi connectivity index (χ3n) is 5.02. The number of fused-ring (bicyclic) bond motifs is 1. The summed E-state index contributed by atoms with van der Waals surface area (Å²) < 4.78 is 14.7. The highest BCUT2D eigenvalue weighted by Crippen LogP contribution is 2.37. The number of carbonyl (C=O) groups is 1. The quantitative estimate of drug-likeness (QED) is 0.586. The van der Waals surface area contributed by atoms with E-state index in [1.165, 1.54) is 24.6 Å². The zero-order valence-electron chi connectivity index (χ0n) is 15.2. The minimum atomic E-state index is -0.784. The molecule has 0 saturated heterocycles. The van der Waals surface area contributed by atoms with Gasteiger partial charge in [-0.25, -0.2) is 0 Å². The highest BCUT2D eigenvalue weighted by atomic mass is 32.1. The number of hydrogen-bond acceptors (Lipinski definition) is 5. The first-order valence-electron chi connectivity index (χ1n) is 9.38. The molecule has 2 aromatic carbocycles. The number of carboxylic acid groups (broad SMARTS) is 1. The van der Waals surface area contributed by atoms with Crippen LogP contribution in [-0.4, -0.2) is 26.4 Å². The van der Waals surface area contributed by atoms with Crippen molar-refractivity contribution in [2.75, 3.05) is 6.61 Å². The van der Waals surface area contributed by atoms with Crippen LogP contribution < -0.4 is 4.74 Å². The Hall–Kier alpha value is -2.47. The molecule has 0 aliphatic heterocycles. The molecule has 1 aromatic heterocycles. The fraction of sp³-hybridized carbons (Fsp3) is 0.381. The largest absolute Gasteiger partial charge is 0.493 e. The van der Waals surface area contributed by atoms with Crippen LogP contribution in [0, 0.1) is 5.92 Å². The molecule has 1 saturated carbocycles. The number of benzene rings is 2. The molecule has 6 heteroatoms. The Morgan fingerprint density at radius 1 is 1.22 bits per heavy atom. The first kappa shape index (κ1) is 17.9. The summed E-state index contributed by atoms with van der Waals surface area (Å²) in [6.45, 7) is 2.72. The molecule has 140 valence electrons. The minimum Gasteiger partial charge on any atom is -0.493 e. The molecule has 27 heavy (non-hydrogen) atoms. The Labute approximate surface area is 162 Å². The van der Waals surface area contributed by atoms with Crippen LogP contribution in [0.15, 0.2) is 36.4 Å². The second kappa shape index (κ2) is 7.64. The number of aliphatic carboxylic acids is 1. The summed E-state index contributed by atoms with van der Waals surface area (Å²) in [6, 6.07) is 11.7. The molecule has 1 heterocycles. The van der Waals surface area contributed by atoms with Gasteiger partial charge in [-0.05, 0) is 60.6 Å². The van der Waals surface area contributed by atoms with E-state index in [9.17, 15) is 9.90 Å². The van der Waals surface area contributed by atoms with E-state index in [4.69, 9.17) is 4.74 Å².